The van der Waals surface area contributed by atoms with Crippen molar-refractivity contribution in [2.75, 3.05) is 0 Å². The van der Waals surface area contributed by atoms with Crippen molar-refractivity contribution in [1.82, 2.24) is 10.6 Å². The van der Waals surface area contributed by atoms with Crippen molar-refractivity contribution < 1.29 is 19.2 Å². The molecule has 2 N–H and O–H groups in total. The Kier molecular flexibility index (Phi) is 5.43. The van der Waals surface area contributed by atoms with E-state index in [9.17, 15) is 19.7 Å². The van der Waals surface area contributed by atoms with Gasteiger partial charge in [-0.3, -0.25) is 10.1 Å². The molecule has 2 amide bonds. The fourth-order valence-corrected chi connectivity index (χ4v) is 3.73. The van der Waals surface area contributed by atoms with E-state index in [1.807, 2.05) is 0 Å². The van der Waals surface area contributed by atoms with E-state index >= 15 is 0 Å². The predicted molar refractivity (Wildman–Crippen MR) is 97.7 cm³/mol. The molecule has 3 rings (SSSR count). The molecule has 0 spiro atoms. The van der Waals surface area contributed by atoms with Gasteiger partial charge in [0.05, 0.1) is 16.5 Å². The lowest BCUT2D eigenvalue weighted by Crippen LogP contribution is -2.45. The summed E-state index contributed by atoms with van der Waals surface area (Å²) in [7, 11) is 0. The summed E-state index contributed by atoms with van der Waals surface area (Å²) in [5.41, 5.74) is 1.02. The molecule has 8 nitrogen and oxygen atoms in total. The van der Waals surface area contributed by atoms with Crippen molar-refractivity contribution in [3.8, 4) is 0 Å². The van der Waals surface area contributed by atoms with Crippen LogP contribution in [0.3, 0.4) is 0 Å². The van der Waals surface area contributed by atoms with Gasteiger partial charge in [-0.2, -0.15) is 0 Å². The highest BCUT2D eigenvalue weighted by atomic mass is 16.6. The van der Waals surface area contributed by atoms with Gasteiger partial charge in [0.15, 0.2) is 0 Å². The Balaban J connectivity index is 1.88. The van der Waals surface area contributed by atoms with Crippen molar-refractivity contribution in [3.63, 3.8) is 0 Å². The Morgan fingerprint density at radius 2 is 2.11 bits per heavy atom. The quantitative estimate of drug-likeness (QED) is 0.478. The Labute approximate surface area is 157 Å². The number of hydrogen-bond acceptors (Lipinski definition) is 5. The molecule has 1 aliphatic carbocycles. The monoisotopic (exact) mass is 373 g/mol. The first-order valence-electron chi connectivity index (χ1n) is 9.08. The maximum atomic E-state index is 12.9. The first-order chi connectivity index (χ1) is 12.8. The van der Waals surface area contributed by atoms with E-state index in [2.05, 4.69) is 17.6 Å². The number of hydrogen-bond donors (Lipinski definition) is 2. The van der Waals surface area contributed by atoms with E-state index in [1.165, 1.54) is 18.2 Å². The van der Waals surface area contributed by atoms with Crippen LogP contribution in [0, 0.1) is 16.0 Å². The van der Waals surface area contributed by atoms with Gasteiger partial charge in [0, 0.05) is 17.8 Å². The van der Waals surface area contributed by atoms with Gasteiger partial charge in [-0.15, -0.1) is 0 Å². The molecule has 1 aliphatic heterocycles. The molecule has 27 heavy (non-hydrogen) atoms. The third-order valence-electron chi connectivity index (χ3n) is 5.07. The van der Waals surface area contributed by atoms with Crippen LogP contribution in [0.1, 0.15) is 51.1 Å². The maximum absolute atomic E-state index is 12.9. The van der Waals surface area contributed by atoms with Gasteiger partial charge >= 0.3 is 12.0 Å². The van der Waals surface area contributed by atoms with Crippen LogP contribution in [-0.2, 0) is 9.53 Å². The lowest BCUT2D eigenvalue weighted by atomic mass is 9.88. The second-order valence-corrected chi connectivity index (χ2v) is 7.22. The highest BCUT2D eigenvalue weighted by molar-refractivity contribution is 5.95. The van der Waals surface area contributed by atoms with Crippen LogP contribution in [0.5, 0.6) is 0 Å². The number of nitrogens with zero attached hydrogens (tertiary/aromatic N) is 1. The number of ether oxygens (including phenoxy) is 1. The molecule has 0 saturated heterocycles. The molecule has 8 heteroatoms. The van der Waals surface area contributed by atoms with Gasteiger partial charge in [0.1, 0.15) is 6.10 Å². The molecule has 0 bridgehead atoms. The molecular formula is C19H23N3O5. The van der Waals surface area contributed by atoms with Crippen LogP contribution in [-0.4, -0.2) is 23.0 Å². The zero-order chi connectivity index (χ0) is 19.6. The second kappa shape index (κ2) is 7.77. The fourth-order valence-electron chi connectivity index (χ4n) is 3.73. The average molecular weight is 373 g/mol. The van der Waals surface area contributed by atoms with E-state index < -0.39 is 23.0 Å². The van der Waals surface area contributed by atoms with E-state index in [0.717, 1.165) is 25.7 Å². The van der Waals surface area contributed by atoms with Crippen molar-refractivity contribution in [2.45, 2.75) is 51.7 Å². The number of allylic oxidation sites excluding steroid dienone is 1. The smallest absolute Gasteiger partial charge is 0.338 e. The van der Waals surface area contributed by atoms with Crippen LogP contribution in [0.2, 0.25) is 0 Å². The van der Waals surface area contributed by atoms with Crippen LogP contribution in [0.15, 0.2) is 35.5 Å². The molecule has 1 saturated carbocycles. The summed E-state index contributed by atoms with van der Waals surface area (Å²) in [6.45, 7) is 3.77. The highest BCUT2D eigenvalue weighted by Gasteiger charge is 2.34. The van der Waals surface area contributed by atoms with Crippen molar-refractivity contribution in [2.24, 2.45) is 5.92 Å². The number of nitrogens with one attached hydrogen (secondary N) is 2. The minimum Gasteiger partial charge on any atom is -0.459 e. The maximum Gasteiger partial charge on any atom is 0.338 e. The fraction of sp³-hybridized carbons (Fsp3) is 0.474. The molecule has 1 aromatic rings. The molecule has 2 aliphatic rings. The van der Waals surface area contributed by atoms with Crippen LogP contribution < -0.4 is 10.6 Å². The van der Waals surface area contributed by atoms with Gasteiger partial charge in [-0.25, -0.2) is 9.59 Å². The molecule has 144 valence electrons. The molecule has 1 fully saturated rings. The minimum absolute atomic E-state index is 0.105. The number of esters is 1. The zero-order valence-corrected chi connectivity index (χ0v) is 15.4. The Bertz CT molecular complexity index is 804. The number of nitro benzene ring substituents is 1. The normalized spacial score (nSPS) is 25.4. The SMILES string of the molecule is CC1=C(C(=O)OC2CCCC(C)C2)C(c2cccc([N+](=O)[O-])c2)NC(=O)N1. The van der Waals surface area contributed by atoms with Crippen molar-refractivity contribution >= 4 is 17.7 Å². The first-order valence-corrected chi connectivity index (χ1v) is 9.08. The van der Waals surface area contributed by atoms with Crippen molar-refractivity contribution in [1.29, 1.82) is 0 Å². The molecule has 1 heterocycles. The summed E-state index contributed by atoms with van der Waals surface area (Å²) in [4.78, 5) is 35.4. The summed E-state index contributed by atoms with van der Waals surface area (Å²) in [6.07, 6.45) is 3.64. The molecule has 0 radical (unpaired) electrons. The van der Waals surface area contributed by atoms with Crippen molar-refractivity contribution in [3.05, 3.63) is 51.2 Å². The number of urea groups is 1. The van der Waals surface area contributed by atoms with Gasteiger partial charge < -0.3 is 15.4 Å². The van der Waals surface area contributed by atoms with Crippen LogP contribution >= 0.6 is 0 Å². The third kappa shape index (κ3) is 4.27. The van der Waals surface area contributed by atoms with E-state index in [0.29, 0.717) is 17.2 Å². The molecular weight excluding hydrogens is 350 g/mol. The molecule has 3 atom stereocenters. The standard InChI is InChI=1S/C19H23N3O5/c1-11-5-3-8-15(9-11)27-18(23)16-12(2)20-19(24)21-17(16)13-6-4-7-14(10-13)22(25)26/h4,6-7,10-11,15,17H,3,5,8-9H2,1-2H3,(H2,20,21,24). The third-order valence-corrected chi connectivity index (χ3v) is 5.07. The van der Waals surface area contributed by atoms with E-state index in [1.54, 1.807) is 13.0 Å². The highest BCUT2D eigenvalue weighted by Crippen LogP contribution is 2.32. The van der Waals surface area contributed by atoms with Gasteiger partial charge in [0.2, 0.25) is 0 Å². The summed E-state index contributed by atoms with van der Waals surface area (Å²) in [5, 5.41) is 16.3. The lowest BCUT2D eigenvalue weighted by molar-refractivity contribution is -0.384. The van der Waals surface area contributed by atoms with E-state index in [4.69, 9.17) is 4.74 Å². The number of nitro groups is 1. The summed E-state index contributed by atoms with van der Waals surface area (Å²) >= 11 is 0. The lowest BCUT2D eigenvalue weighted by Gasteiger charge is -2.31. The molecule has 0 aromatic heterocycles. The number of benzene rings is 1. The van der Waals surface area contributed by atoms with Gasteiger partial charge in [0.25, 0.3) is 5.69 Å². The van der Waals surface area contributed by atoms with E-state index in [-0.39, 0.29) is 17.4 Å². The number of rotatable bonds is 4. The topological polar surface area (TPSA) is 111 Å². The minimum atomic E-state index is -0.799. The molecule has 1 aromatic carbocycles. The second-order valence-electron chi connectivity index (χ2n) is 7.22. The Morgan fingerprint density at radius 3 is 2.81 bits per heavy atom. The Morgan fingerprint density at radius 1 is 1.33 bits per heavy atom. The van der Waals surface area contributed by atoms with Gasteiger partial charge in [-0.1, -0.05) is 25.5 Å². The largest absolute Gasteiger partial charge is 0.459 e. The number of non-ortho nitro benzene ring substituents is 1. The van der Waals surface area contributed by atoms with Gasteiger partial charge in [-0.05, 0) is 37.7 Å². The van der Waals surface area contributed by atoms with Crippen LogP contribution in [0.4, 0.5) is 10.5 Å². The zero-order valence-electron chi connectivity index (χ0n) is 15.4. The number of amides is 2. The Hall–Kier alpha value is -2.90. The summed E-state index contributed by atoms with van der Waals surface area (Å²) in [6, 6.07) is 4.64. The number of carbonyl (C=O) groups is 2. The van der Waals surface area contributed by atoms with Crippen LogP contribution in [0.25, 0.3) is 0 Å². The average Bonchev–Trinajstić information content (AvgIpc) is 2.61. The number of carbonyl (C=O) groups excluding carboxylic acids is 2. The molecule has 3 unspecified atom stereocenters. The summed E-state index contributed by atoms with van der Waals surface area (Å²) < 4.78 is 5.71. The first kappa shape index (κ1) is 18.9. The predicted octanol–water partition coefficient (Wildman–Crippen LogP) is 3.34. The summed E-state index contributed by atoms with van der Waals surface area (Å²) in [5.74, 6) is -0.000939.